The van der Waals surface area contributed by atoms with Crippen molar-refractivity contribution < 1.29 is 19.4 Å². The van der Waals surface area contributed by atoms with Gasteiger partial charge >= 0.3 is 5.97 Å². The number of aromatic nitrogens is 1. The minimum Gasteiger partial charge on any atom is -0.493 e. The van der Waals surface area contributed by atoms with Gasteiger partial charge in [-0.3, -0.25) is 9.69 Å². The summed E-state index contributed by atoms with van der Waals surface area (Å²) in [6.45, 7) is 3.87. The van der Waals surface area contributed by atoms with Gasteiger partial charge in [0, 0.05) is 17.5 Å². The molecule has 1 aromatic carbocycles. The summed E-state index contributed by atoms with van der Waals surface area (Å²) in [6.07, 6.45) is 2.48. The van der Waals surface area contributed by atoms with Gasteiger partial charge in [0.1, 0.15) is 11.6 Å². The first-order chi connectivity index (χ1) is 12.2. The highest BCUT2D eigenvalue weighted by Crippen LogP contribution is 2.34. The van der Waals surface area contributed by atoms with Crippen molar-refractivity contribution in [3.8, 4) is 22.1 Å². The van der Waals surface area contributed by atoms with Crippen LogP contribution in [0.15, 0.2) is 23.6 Å². The number of rotatable bonds is 8. The van der Waals surface area contributed by atoms with E-state index < -0.39 is 5.97 Å². The van der Waals surface area contributed by atoms with E-state index in [1.165, 1.54) is 24.2 Å². The van der Waals surface area contributed by atoms with Crippen LogP contribution in [0.25, 0.3) is 10.6 Å². The average Bonchev–Trinajstić information content (AvgIpc) is 3.26. The molecule has 7 heteroatoms. The molecule has 2 heterocycles. The molecular formula is C18H22N2O4S. The smallest absolute Gasteiger partial charge is 0.309 e. The molecule has 1 fully saturated rings. The molecule has 1 aliphatic heterocycles. The van der Waals surface area contributed by atoms with Crippen LogP contribution in [-0.2, 0) is 11.2 Å². The van der Waals surface area contributed by atoms with Crippen molar-refractivity contribution in [3.63, 3.8) is 0 Å². The molecule has 0 bridgehead atoms. The topological polar surface area (TPSA) is 71.9 Å². The highest BCUT2D eigenvalue weighted by Gasteiger charge is 2.13. The van der Waals surface area contributed by atoms with Crippen LogP contribution < -0.4 is 9.47 Å². The van der Waals surface area contributed by atoms with Crippen LogP contribution in [0, 0.1) is 0 Å². The molecule has 6 nitrogen and oxygen atoms in total. The van der Waals surface area contributed by atoms with E-state index in [0.717, 1.165) is 30.2 Å². The monoisotopic (exact) mass is 362 g/mol. The number of carboxylic acid groups (broad SMARTS) is 1. The minimum absolute atomic E-state index is 0.0642. The number of hydrogen-bond acceptors (Lipinski definition) is 6. The fourth-order valence-electron chi connectivity index (χ4n) is 2.89. The van der Waals surface area contributed by atoms with E-state index in [2.05, 4.69) is 9.88 Å². The van der Waals surface area contributed by atoms with Crippen LogP contribution in [0.2, 0.25) is 0 Å². The van der Waals surface area contributed by atoms with Gasteiger partial charge in [-0.15, -0.1) is 11.3 Å². The van der Waals surface area contributed by atoms with Crippen molar-refractivity contribution >= 4 is 17.3 Å². The second-order valence-corrected chi connectivity index (χ2v) is 6.84. The lowest BCUT2D eigenvalue weighted by molar-refractivity contribution is -0.136. The summed E-state index contributed by atoms with van der Waals surface area (Å²) in [4.78, 5) is 17.6. The van der Waals surface area contributed by atoms with Gasteiger partial charge in [-0.05, 0) is 44.1 Å². The van der Waals surface area contributed by atoms with Gasteiger partial charge < -0.3 is 14.6 Å². The summed E-state index contributed by atoms with van der Waals surface area (Å²) in [5.41, 5.74) is 1.46. The van der Waals surface area contributed by atoms with E-state index in [0.29, 0.717) is 23.8 Å². The van der Waals surface area contributed by atoms with Crippen molar-refractivity contribution in [3.05, 3.63) is 29.3 Å². The highest BCUT2D eigenvalue weighted by atomic mass is 32.1. The largest absolute Gasteiger partial charge is 0.493 e. The van der Waals surface area contributed by atoms with E-state index in [-0.39, 0.29) is 6.42 Å². The third-order valence-corrected chi connectivity index (χ3v) is 5.10. The van der Waals surface area contributed by atoms with Crippen LogP contribution in [0.4, 0.5) is 0 Å². The molecule has 25 heavy (non-hydrogen) atoms. The third-order valence-electron chi connectivity index (χ3n) is 4.16. The molecule has 0 atom stereocenters. The quantitative estimate of drug-likeness (QED) is 0.778. The summed E-state index contributed by atoms with van der Waals surface area (Å²) >= 11 is 1.43. The Bertz CT molecular complexity index is 726. The summed E-state index contributed by atoms with van der Waals surface area (Å²) in [5.74, 6) is 0.498. The molecule has 0 amide bonds. The number of thiazole rings is 1. The van der Waals surface area contributed by atoms with Crippen molar-refractivity contribution in [2.45, 2.75) is 19.3 Å². The summed E-state index contributed by atoms with van der Waals surface area (Å²) in [5, 5.41) is 11.4. The maximum atomic E-state index is 10.8. The summed E-state index contributed by atoms with van der Waals surface area (Å²) in [7, 11) is 1.62. The van der Waals surface area contributed by atoms with Gasteiger partial charge in [-0.2, -0.15) is 0 Å². The molecule has 1 aromatic heterocycles. The van der Waals surface area contributed by atoms with Gasteiger partial charge in [0.15, 0.2) is 11.5 Å². The lowest BCUT2D eigenvalue weighted by Gasteiger charge is -2.16. The number of carboxylic acids is 1. The van der Waals surface area contributed by atoms with Crippen molar-refractivity contribution in [1.82, 2.24) is 9.88 Å². The molecule has 134 valence electrons. The molecule has 0 unspecified atom stereocenters. The number of methoxy groups -OCH3 is 1. The van der Waals surface area contributed by atoms with Crippen molar-refractivity contribution in [2.24, 2.45) is 0 Å². The first-order valence-electron chi connectivity index (χ1n) is 8.35. The zero-order chi connectivity index (χ0) is 17.6. The van der Waals surface area contributed by atoms with E-state index in [9.17, 15) is 4.79 Å². The lowest BCUT2D eigenvalue weighted by Crippen LogP contribution is -2.25. The number of nitrogens with zero attached hydrogens (tertiary/aromatic N) is 2. The van der Waals surface area contributed by atoms with Gasteiger partial charge in [0.25, 0.3) is 0 Å². The van der Waals surface area contributed by atoms with Gasteiger partial charge in [-0.1, -0.05) is 0 Å². The Morgan fingerprint density at radius 3 is 2.84 bits per heavy atom. The number of aliphatic carboxylic acids is 1. The summed E-state index contributed by atoms with van der Waals surface area (Å²) < 4.78 is 11.3. The zero-order valence-electron chi connectivity index (χ0n) is 14.2. The average molecular weight is 362 g/mol. The number of likely N-dealkylation sites (tertiary alicyclic amines) is 1. The predicted molar refractivity (Wildman–Crippen MR) is 96.6 cm³/mol. The highest BCUT2D eigenvalue weighted by molar-refractivity contribution is 7.13. The van der Waals surface area contributed by atoms with Crippen LogP contribution in [-0.4, -0.2) is 54.3 Å². The van der Waals surface area contributed by atoms with Crippen molar-refractivity contribution in [2.75, 3.05) is 33.4 Å². The third kappa shape index (κ3) is 4.70. The van der Waals surface area contributed by atoms with Crippen LogP contribution in [0.3, 0.4) is 0 Å². The molecule has 0 radical (unpaired) electrons. The molecule has 0 aliphatic carbocycles. The Hall–Kier alpha value is -2.12. The molecule has 2 aromatic rings. The Labute approximate surface area is 151 Å². The Balaban J connectivity index is 1.66. The Kier molecular flexibility index (Phi) is 5.88. The van der Waals surface area contributed by atoms with E-state index >= 15 is 0 Å². The maximum Gasteiger partial charge on any atom is 0.309 e. The number of ether oxygens (including phenoxy) is 2. The SMILES string of the molecule is COc1cc(-c2nc(CC(=O)O)cs2)ccc1OCCN1CCCC1. The van der Waals surface area contributed by atoms with E-state index in [4.69, 9.17) is 14.6 Å². The molecular weight excluding hydrogens is 340 g/mol. The fourth-order valence-corrected chi connectivity index (χ4v) is 3.70. The van der Waals surface area contributed by atoms with Gasteiger partial charge in [0.2, 0.25) is 0 Å². The molecule has 3 rings (SSSR count). The molecule has 1 N–H and O–H groups in total. The number of hydrogen-bond donors (Lipinski definition) is 1. The molecule has 0 spiro atoms. The van der Waals surface area contributed by atoms with Crippen LogP contribution in [0.1, 0.15) is 18.5 Å². The first-order valence-corrected chi connectivity index (χ1v) is 9.23. The van der Waals surface area contributed by atoms with E-state index in [1.54, 1.807) is 12.5 Å². The van der Waals surface area contributed by atoms with Gasteiger partial charge in [0.05, 0.1) is 19.2 Å². The maximum absolute atomic E-state index is 10.8. The second kappa shape index (κ2) is 8.31. The second-order valence-electron chi connectivity index (χ2n) is 5.98. The van der Waals surface area contributed by atoms with Crippen LogP contribution in [0.5, 0.6) is 11.5 Å². The van der Waals surface area contributed by atoms with E-state index in [1.807, 2.05) is 18.2 Å². The predicted octanol–water partition coefficient (Wildman–Crippen LogP) is 2.92. The normalized spacial score (nSPS) is 14.6. The zero-order valence-corrected chi connectivity index (χ0v) is 15.1. The number of carbonyl (C=O) groups is 1. The van der Waals surface area contributed by atoms with Gasteiger partial charge in [-0.25, -0.2) is 4.98 Å². The minimum atomic E-state index is -0.879. The lowest BCUT2D eigenvalue weighted by atomic mass is 10.2. The molecule has 1 saturated heterocycles. The molecule has 1 aliphatic rings. The fraction of sp³-hybridized carbons (Fsp3) is 0.444. The Morgan fingerprint density at radius 1 is 1.32 bits per heavy atom. The van der Waals surface area contributed by atoms with Crippen molar-refractivity contribution in [1.29, 1.82) is 0 Å². The standard InChI is InChI=1S/C18H22N2O4S/c1-23-16-10-13(18-19-14(12-25-18)11-17(21)22)4-5-15(16)24-9-8-20-6-2-3-7-20/h4-5,10,12H,2-3,6-9,11H2,1H3,(H,21,22). The summed E-state index contributed by atoms with van der Waals surface area (Å²) in [6, 6.07) is 5.70. The Morgan fingerprint density at radius 2 is 2.12 bits per heavy atom. The van der Waals surface area contributed by atoms with Crippen LogP contribution >= 0.6 is 11.3 Å². The molecule has 0 saturated carbocycles. The first kappa shape index (κ1) is 17.7. The number of benzene rings is 1.